The molecular weight excluding hydrogens is 164 g/mol. The summed E-state index contributed by atoms with van der Waals surface area (Å²) in [5.41, 5.74) is 0. The zero-order valence-electron chi connectivity index (χ0n) is 9.03. The number of nitrogens with zero attached hydrogens (tertiary/aromatic N) is 2. The maximum absolute atomic E-state index is 8.81. The first-order valence-corrected chi connectivity index (χ1v) is 5.20. The molecule has 0 bridgehead atoms. The third-order valence-electron chi connectivity index (χ3n) is 3.05. The topological polar surface area (TPSA) is 26.7 Å². The van der Waals surface area contributed by atoms with Crippen LogP contribution >= 0.6 is 0 Å². The first kappa shape index (κ1) is 11.0. The van der Waals surface area contributed by atoms with Crippen molar-refractivity contribution in [3.05, 3.63) is 0 Å². The molecule has 0 aromatic carbocycles. The molecule has 78 valence electrons. The number of aliphatic hydroxyl groups excluding tert-OH is 1. The van der Waals surface area contributed by atoms with Crippen molar-refractivity contribution in [1.29, 1.82) is 0 Å². The van der Waals surface area contributed by atoms with Crippen molar-refractivity contribution in [1.82, 2.24) is 9.80 Å². The highest BCUT2D eigenvalue weighted by atomic mass is 16.3. The second-order valence-corrected chi connectivity index (χ2v) is 4.23. The summed E-state index contributed by atoms with van der Waals surface area (Å²) in [6.07, 6.45) is 1.24. The molecule has 1 fully saturated rings. The Morgan fingerprint density at radius 3 is 2.77 bits per heavy atom. The van der Waals surface area contributed by atoms with Gasteiger partial charge in [-0.25, -0.2) is 0 Å². The Hall–Kier alpha value is -0.120. The van der Waals surface area contributed by atoms with E-state index >= 15 is 0 Å². The van der Waals surface area contributed by atoms with Gasteiger partial charge in [0.25, 0.3) is 0 Å². The molecule has 0 amide bonds. The highest BCUT2D eigenvalue weighted by Crippen LogP contribution is 2.15. The van der Waals surface area contributed by atoms with E-state index in [0.29, 0.717) is 12.1 Å². The first-order chi connectivity index (χ1) is 6.15. The lowest BCUT2D eigenvalue weighted by Gasteiger charge is -2.28. The smallest absolute Gasteiger partial charge is 0.0558 e. The molecule has 0 aromatic rings. The zero-order valence-corrected chi connectivity index (χ0v) is 9.03. The van der Waals surface area contributed by atoms with Crippen LogP contribution in [0.4, 0.5) is 0 Å². The second kappa shape index (κ2) is 4.94. The average molecular weight is 186 g/mol. The number of hydrogen-bond donors (Lipinski definition) is 1. The molecule has 1 saturated heterocycles. The van der Waals surface area contributed by atoms with Gasteiger partial charge in [-0.15, -0.1) is 0 Å². The van der Waals surface area contributed by atoms with E-state index in [-0.39, 0.29) is 6.61 Å². The van der Waals surface area contributed by atoms with E-state index in [4.69, 9.17) is 5.11 Å². The third kappa shape index (κ3) is 2.93. The van der Waals surface area contributed by atoms with Crippen LogP contribution in [-0.2, 0) is 0 Å². The standard InChI is InChI=1S/C10H22N2O/c1-9(2)11(3)10-4-5-12(8-10)6-7-13/h9-10,13H,4-8H2,1-3H3. The fraction of sp³-hybridized carbons (Fsp3) is 1.00. The lowest BCUT2D eigenvalue weighted by Crippen LogP contribution is -2.39. The molecule has 3 heteroatoms. The quantitative estimate of drug-likeness (QED) is 0.688. The van der Waals surface area contributed by atoms with Crippen LogP contribution in [0.15, 0.2) is 0 Å². The number of β-amino-alcohol motifs (C(OH)–C–C–N with tert-alkyl or cyclic N) is 1. The minimum atomic E-state index is 0.290. The Balaban J connectivity index is 2.31. The summed E-state index contributed by atoms with van der Waals surface area (Å²) in [6, 6.07) is 1.31. The number of hydrogen-bond acceptors (Lipinski definition) is 3. The van der Waals surface area contributed by atoms with E-state index < -0.39 is 0 Å². The Labute approximate surface area is 81.3 Å². The van der Waals surface area contributed by atoms with Gasteiger partial charge in [-0.05, 0) is 33.9 Å². The summed E-state index contributed by atoms with van der Waals surface area (Å²) in [5, 5.41) is 8.81. The fourth-order valence-electron chi connectivity index (χ4n) is 1.91. The van der Waals surface area contributed by atoms with Crippen molar-refractivity contribution in [2.45, 2.75) is 32.4 Å². The zero-order chi connectivity index (χ0) is 9.84. The van der Waals surface area contributed by atoms with Gasteiger partial charge in [0.05, 0.1) is 6.61 Å². The number of likely N-dealkylation sites (tertiary alicyclic amines) is 1. The lowest BCUT2D eigenvalue weighted by molar-refractivity contribution is 0.178. The molecule has 13 heavy (non-hydrogen) atoms. The number of likely N-dealkylation sites (N-methyl/N-ethyl adjacent to an activating group) is 1. The largest absolute Gasteiger partial charge is 0.395 e. The lowest BCUT2D eigenvalue weighted by atomic mass is 10.2. The van der Waals surface area contributed by atoms with Gasteiger partial charge < -0.3 is 5.11 Å². The Kier molecular flexibility index (Phi) is 4.16. The van der Waals surface area contributed by atoms with Gasteiger partial charge >= 0.3 is 0 Å². The SMILES string of the molecule is CC(C)N(C)C1CCN(CCO)C1. The molecule has 1 heterocycles. The van der Waals surface area contributed by atoms with Crippen molar-refractivity contribution >= 4 is 0 Å². The summed E-state index contributed by atoms with van der Waals surface area (Å²) in [5.74, 6) is 0. The molecule has 0 saturated carbocycles. The molecule has 0 spiro atoms. The van der Waals surface area contributed by atoms with E-state index in [1.54, 1.807) is 0 Å². The summed E-state index contributed by atoms with van der Waals surface area (Å²) in [4.78, 5) is 4.76. The fourth-order valence-corrected chi connectivity index (χ4v) is 1.91. The summed E-state index contributed by atoms with van der Waals surface area (Å²) >= 11 is 0. The summed E-state index contributed by atoms with van der Waals surface area (Å²) in [7, 11) is 2.19. The highest BCUT2D eigenvalue weighted by molar-refractivity contribution is 4.82. The Bertz CT molecular complexity index is 150. The van der Waals surface area contributed by atoms with Crippen LogP contribution in [0.3, 0.4) is 0 Å². The minimum absolute atomic E-state index is 0.290. The van der Waals surface area contributed by atoms with E-state index in [1.807, 2.05) is 0 Å². The minimum Gasteiger partial charge on any atom is -0.395 e. The molecule has 1 unspecified atom stereocenters. The predicted octanol–water partition coefficient (Wildman–Crippen LogP) is 0.393. The molecule has 0 aromatic heterocycles. The van der Waals surface area contributed by atoms with Crippen molar-refractivity contribution in [2.24, 2.45) is 0 Å². The van der Waals surface area contributed by atoms with Crippen molar-refractivity contribution < 1.29 is 5.11 Å². The number of rotatable bonds is 4. The van der Waals surface area contributed by atoms with Gasteiger partial charge in [-0.1, -0.05) is 0 Å². The van der Waals surface area contributed by atoms with Crippen LogP contribution in [0, 0.1) is 0 Å². The molecule has 3 nitrogen and oxygen atoms in total. The van der Waals surface area contributed by atoms with Gasteiger partial charge in [-0.2, -0.15) is 0 Å². The third-order valence-corrected chi connectivity index (χ3v) is 3.05. The molecule has 1 aliphatic rings. The van der Waals surface area contributed by atoms with Crippen molar-refractivity contribution in [3.63, 3.8) is 0 Å². The van der Waals surface area contributed by atoms with Crippen LogP contribution in [0.5, 0.6) is 0 Å². The van der Waals surface area contributed by atoms with Gasteiger partial charge in [0.2, 0.25) is 0 Å². The van der Waals surface area contributed by atoms with E-state index in [9.17, 15) is 0 Å². The maximum Gasteiger partial charge on any atom is 0.0558 e. The van der Waals surface area contributed by atoms with Crippen LogP contribution in [0.25, 0.3) is 0 Å². The molecule has 1 rings (SSSR count). The Morgan fingerprint density at radius 2 is 2.23 bits per heavy atom. The average Bonchev–Trinajstić information content (AvgIpc) is 2.52. The van der Waals surface area contributed by atoms with E-state index in [1.165, 1.54) is 6.42 Å². The Morgan fingerprint density at radius 1 is 1.54 bits per heavy atom. The molecular formula is C10H22N2O. The first-order valence-electron chi connectivity index (χ1n) is 5.20. The molecule has 1 atom stereocenters. The van der Waals surface area contributed by atoms with Crippen molar-refractivity contribution in [2.75, 3.05) is 33.3 Å². The molecule has 1 N–H and O–H groups in total. The van der Waals surface area contributed by atoms with Gasteiger partial charge in [0.15, 0.2) is 0 Å². The maximum atomic E-state index is 8.81. The highest BCUT2D eigenvalue weighted by Gasteiger charge is 2.25. The molecule has 0 radical (unpaired) electrons. The van der Waals surface area contributed by atoms with Crippen LogP contribution < -0.4 is 0 Å². The van der Waals surface area contributed by atoms with Gasteiger partial charge in [0.1, 0.15) is 0 Å². The molecule has 0 aliphatic carbocycles. The van der Waals surface area contributed by atoms with E-state index in [2.05, 4.69) is 30.7 Å². The summed E-state index contributed by atoms with van der Waals surface area (Å²) < 4.78 is 0. The normalized spacial score (nSPS) is 24.9. The molecule has 1 aliphatic heterocycles. The van der Waals surface area contributed by atoms with Crippen LogP contribution in [-0.4, -0.2) is 60.3 Å². The van der Waals surface area contributed by atoms with Crippen molar-refractivity contribution in [3.8, 4) is 0 Å². The van der Waals surface area contributed by atoms with Crippen LogP contribution in [0.2, 0.25) is 0 Å². The van der Waals surface area contributed by atoms with Crippen LogP contribution in [0.1, 0.15) is 20.3 Å². The second-order valence-electron chi connectivity index (χ2n) is 4.23. The predicted molar refractivity (Wildman–Crippen MR) is 54.8 cm³/mol. The summed E-state index contributed by atoms with van der Waals surface area (Å²) in [6.45, 7) is 7.85. The van der Waals surface area contributed by atoms with E-state index in [0.717, 1.165) is 19.6 Å². The van der Waals surface area contributed by atoms with Gasteiger partial charge in [0, 0.05) is 25.2 Å². The monoisotopic (exact) mass is 186 g/mol. The van der Waals surface area contributed by atoms with Gasteiger partial charge in [-0.3, -0.25) is 9.80 Å². The number of aliphatic hydroxyl groups is 1.